The number of rotatable bonds is 3. The number of nitrogens with two attached hydrogens (primary N) is 1. The maximum atomic E-state index is 9.39. The molecule has 1 aromatic rings. The van der Waals surface area contributed by atoms with E-state index in [1.165, 1.54) is 0 Å². The van der Waals surface area contributed by atoms with Crippen LogP contribution in [0.15, 0.2) is 22.7 Å². The van der Waals surface area contributed by atoms with Crippen molar-refractivity contribution >= 4 is 21.6 Å². The number of benzene rings is 1. The molecule has 4 nitrogen and oxygen atoms in total. The molecular formula is C15H23BrN2O2. The van der Waals surface area contributed by atoms with Crippen molar-refractivity contribution < 1.29 is 9.84 Å². The average Bonchev–Trinajstić information content (AvgIpc) is 2.36. The van der Waals surface area contributed by atoms with E-state index in [0.717, 1.165) is 22.3 Å². The van der Waals surface area contributed by atoms with Crippen molar-refractivity contribution in [2.75, 3.05) is 24.6 Å². The van der Waals surface area contributed by atoms with E-state index in [-0.39, 0.29) is 24.4 Å². The number of morpholine rings is 1. The standard InChI is InChI=1S/C15H23BrN2O2/c1-10(17)11-4-5-14(13(16)6-11)18-7-12(8-19)20-15(2,3)9-18/h4-6,10,12,19H,7-9,17H2,1-3H3. The van der Waals surface area contributed by atoms with Crippen LogP contribution >= 0.6 is 15.9 Å². The van der Waals surface area contributed by atoms with Crippen LogP contribution < -0.4 is 10.6 Å². The lowest BCUT2D eigenvalue weighted by Crippen LogP contribution is -2.54. The fourth-order valence-electron chi connectivity index (χ4n) is 2.64. The lowest BCUT2D eigenvalue weighted by atomic mass is 10.0. The number of aliphatic hydroxyl groups excluding tert-OH is 1. The van der Waals surface area contributed by atoms with E-state index in [1.807, 2.05) is 20.8 Å². The van der Waals surface area contributed by atoms with Gasteiger partial charge >= 0.3 is 0 Å². The zero-order chi connectivity index (χ0) is 14.9. The number of hydrogen-bond acceptors (Lipinski definition) is 4. The summed E-state index contributed by atoms with van der Waals surface area (Å²) >= 11 is 3.63. The second-order valence-corrected chi connectivity index (χ2v) is 6.92. The minimum absolute atomic E-state index is 0.0201. The fourth-order valence-corrected chi connectivity index (χ4v) is 3.28. The molecule has 0 spiro atoms. The molecular weight excluding hydrogens is 320 g/mol. The van der Waals surface area contributed by atoms with Gasteiger partial charge in [0.1, 0.15) is 0 Å². The Morgan fingerprint density at radius 3 is 2.80 bits per heavy atom. The smallest absolute Gasteiger partial charge is 0.0988 e. The molecule has 1 aliphatic heterocycles. The van der Waals surface area contributed by atoms with E-state index in [4.69, 9.17) is 10.5 Å². The summed E-state index contributed by atoms with van der Waals surface area (Å²) in [7, 11) is 0. The van der Waals surface area contributed by atoms with Crippen LogP contribution in [0.1, 0.15) is 32.4 Å². The number of nitrogens with zero attached hydrogens (tertiary/aromatic N) is 1. The van der Waals surface area contributed by atoms with Crippen LogP contribution in [0, 0.1) is 0 Å². The van der Waals surface area contributed by atoms with Gasteiger partial charge in [0.05, 0.1) is 24.0 Å². The summed E-state index contributed by atoms with van der Waals surface area (Å²) in [4.78, 5) is 2.25. The number of ether oxygens (including phenoxy) is 1. The molecule has 0 aromatic heterocycles. The van der Waals surface area contributed by atoms with Crippen molar-refractivity contribution in [3.8, 4) is 0 Å². The predicted octanol–water partition coefficient (Wildman–Crippen LogP) is 2.44. The van der Waals surface area contributed by atoms with Gasteiger partial charge in [-0.2, -0.15) is 0 Å². The van der Waals surface area contributed by atoms with Crippen molar-refractivity contribution in [1.82, 2.24) is 0 Å². The Hall–Kier alpha value is -0.620. The number of anilines is 1. The molecule has 1 heterocycles. The van der Waals surface area contributed by atoms with Gasteiger partial charge in [-0.1, -0.05) is 6.07 Å². The Balaban J connectivity index is 2.26. The van der Waals surface area contributed by atoms with Crippen molar-refractivity contribution in [3.63, 3.8) is 0 Å². The highest BCUT2D eigenvalue weighted by Gasteiger charge is 2.33. The monoisotopic (exact) mass is 342 g/mol. The first-order valence-corrected chi connectivity index (χ1v) is 7.70. The first kappa shape index (κ1) is 15.8. The summed E-state index contributed by atoms with van der Waals surface area (Å²) in [6.07, 6.45) is -0.154. The lowest BCUT2D eigenvalue weighted by molar-refractivity contribution is -0.101. The van der Waals surface area contributed by atoms with Gasteiger partial charge in [-0.3, -0.25) is 0 Å². The topological polar surface area (TPSA) is 58.7 Å². The Kier molecular flexibility index (Phi) is 4.74. The highest BCUT2D eigenvalue weighted by molar-refractivity contribution is 9.10. The largest absolute Gasteiger partial charge is 0.394 e. The number of halogens is 1. The van der Waals surface area contributed by atoms with Crippen LogP contribution in [0.4, 0.5) is 5.69 Å². The lowest BCUT2D eigenvalue weighted by Gasteiger charge is -2.43. The molecule has 2 rings (SSSR count). The van der Waals surface area contributed by atoms with Gasteiger partial charge < -0.3 is 20.5 Å². The summed E-state index contributed by atoms with van der Waals surface area (Å²) in [6, 6.07) is 6.22. The molecule has 1 saturated heterocycles. The van der Waals surface area contributed by atoms with Gasteiger partial charge in [-0.25, -0.2) is 0 Å². The molecule has 0 aliphatic carbocycles. The van der Waals surface area contributed by atoms with Gasteiger partial charge in [0.25, 0.3) is 0 Å². The van der Waals surface area contributed by atoms with E-state index in [9.17, 15) is 5.11 Å². The van der Waals surface area contributed by atoms with E-state index >= 15 is 0 Å². The number of aliphatic hydroxyl groups is 1. The second kappa shape index (κ2) is 6.02. The summed E-state index contributed by atoms with van der Waals surface area (Å²) in [5.74, 6) is 0. The third kappa shape index (κ3) is 3.52. The molecule has 1 fully saturated rings. The van der Waals surface area contributed by atoms with Crippen molar-refractivity contribution in [2.24, 2.45) is 5.73 Å². The zero-order valence-electron chi connectivity index (χ0n) is 12.3. The molecule has 1 aliphatic rings. The highest BCUT2D eigenvalue weighted by atomic mass is 79.9. The molecule has 0 bridgehead atoms. The van der Waals surface area contributed by atoms with E-state index in [0.29, 0.717) is 6.54 Å². The summed E-state index contributed by atoms with van der Waals surface area (Å²) < 4.78 is 6.88. The summed E-state index contributed by atoms with van der Waals surface area (Å²) in [5, 5.41) is 9.39. The summed E-state index contributed by atoms with van der Waals surface area (Å²) in [6.45, 7) is 7.59. The Morgan fingerprint density at radius 2 is 2.25 bits per heavy atom. The average molecular weight is 343 g/mol. The first-order chi connectivity index (χ1) is 9.32. The van der Waals surface area contributed by atoms with E-state index in [2.05, 4.69) is 39.0 Å². The van der Waals surface area contributed by atoms with Gasteiger partial charge in [0.15, 0.2) is 0 Å². The van der Waals surface area contributed by atoms with Gasteiger partial charge in [-0.05, 0) is 54.4 Å². The third-order valence-corrected chi connectivity index (χ3v) is 4.16. The van der Waals surface area contributed by atoms with E-state index in [1.54, 1.807) is 0 Å². The Bertz CT molecular complexity index is 477. The Labute approximate surface area is 129 Å². The molecule has 2 unspecified atom stereocenters. The first-order valence-electron chi connectivity index (χ1n) is 6.91. The molecule has 5 heteroatoms. The van der Waals surface area contributed by atoms with Gasteiger partial charge in [0, 0.05) is 23.6 Å². The molecule has 3 N–H and O–H groups in total. The molecule has 0 amide bonds. The van der Waals surface area contributed by atoms with Crippen LogP contribution in [0.25, 0.3) is 0 Å². The van der Waals surface area contributed by atoms with Gasteiger partial charge in [0.2, 0.25) is 0 Å². The Morgan fingerprint density at radius 1 is 1.55 bits per heavy atom. The van der Waals surface area contributed by atoms with Crippen LogP contribution in [0.5, 0.6) is 0 Å². The van der Waals surface area contributed by atoms with Crippen molar-refractivity contribution in [2.45, 2.75) is 38.5 Å². The number of hydrogen-bond donors (Lipinski definition) is 2. The molecule has 20 heavy (non-hydrogen) atoms. The molecule has 0 saturated carbocycles. The molecule has 112 valence electrons. The minimum Gasteiger partial charge on any atom is -0.394 e. The predicted molar refractivity (Wildman–Crippen MR) is 85.0 cm³/mol. The SMILES string of the molecule is CC(N)c1ccc(N2CC(CO)OC(C)(C)C2)c(Br)c1. The van der Waals surface area contributed by atoms with Crippen LogP contribution in [0.3, 0.4) is 0 Å². The minimum atomic E-state index is -0.273. The quantitative estimate of drug-likeness (QED) is 0.885. The molecule has 1 aromatic carbocycles. The fraction of sp³-hybridized carbons (Fsp3) is 0.600. The zero-order valence-corrected chi connectivity index (χ0v) is 13.9. The normalized spacial score (nSPS) is 23.7. The van der Waals surface area contributed by atoms with Crippen LogP contribution in [-0.2, 0) is 4.74 Å². The third-order valence-electron chi connectivity index (χ3n) is 3.52. The van der Waals surface area contributed by atoms with Crippen molar-refractivity contribution in [3.05, 3.63) is 28.2 Å². The molecule has 0 radical (unpaired) electrons. The maximum absolute atomic E-state index is 9.39. The van der Waals surface area contributed by atoms with Gasteiger partial charge in [-0.15, -0.1) is 0 Å². The van der Waals surface area contributed by atoms with Crippen molar-refractivity contribution in [1.29, 1.82) is 0 Å². The highest BCUT2D eigenvalue weighted by Crippen LogP contribution is 2.33. The van der Waals surface area contributed by atoms with Crippen LogP contribution in [-0.4, -0.2) is 36.5 Å². The second-order valence-electron chi connectivity index (χ2n) is 6.06. The molecule has 2 atom stereocenters. The summed E-state index contributed by atoms with van der Waals surface area (Å²) in [5.41, 5.74) is 7.86. The van der Waals surface area contributed by atoms with E-state index < -0.39 is 0 Å². The maximum Gasteiger partial charge on any atom is 0.0988 e. The van der Waals surface area contributed by atoms with Crippen LogP contribution in [0.2, 0.25) is 0 Å².